The monoisotopic (exact) mass is 296 g/mol. The third-order valence-electron chi connectivity index (χ3n) is 3.67. The van der Waals surface area contributed by atoms with Gasteiger partial charge in [-0.25, -0.2) is 0 Å². The maximum Gasteiger partial charge on any atom is 0.227 e. The molecule has 2 aromatic rings. The molecule has 2 rings (SSSR count). The number of hydrogen-bond donors (Lipinski definition) is 2. The summed E-state index contributed by atoms with van der Waals surface area (Å²) in [6.45, 7) is 5.35. The molecule has 1 atom stereocenters. The Morgan fingerprint density at radius 2 is 2.00 bits per heavy atom. The fourth-order valence-corrected chi connectivity index (χ4v) is 2.23. The second-order valence-corrected chi connectivity index (χ2v) is 5.61. The minimum Gasteiger partial charge on any atom is -0.396 e. The average Bonchev–Trinajstić information content (AvgIpc) is 2.77. The van der Waals surface area contributed by atoms with Crippen molar-refractivity contribution >= 4 is 29.2 Å². The fraction of sp³-hybridized carbons (Fsp3) is 0.400. The predicted molar refractivity (Wildman–Crippen MR) is 83.3 cm³/mol. The van der Waals surface area contributed by atoms with Gasteiger partial charge in [-0.3, -0.25) is 9.36 Å². The summed E-state index contributed by atoms with van der Waals surface area (Å²) in [5, 5.41) is 10.4. The Labute approximate surface area is 125 Å². The average molecular weight is 297 g/mol. The first-order valence-corrected chi connectivity index (χ1v) is 6.36. The van der Waals surface area contributed by atoms with E-state index >= 15 is 0 Å². The first-order chi connectivity index (χ1) is 8.88. The molecule has 0 saturated heterocycles. The second kappa shape index (κ2) is 5.95. The summed E-state index contributed by atoms with van der Waals surface area (Å²) in [5.41, 5.74) is 7.59. The Balaban J connectivity index is 0.00000200. The highest BCUT2D eigenvalue weighted by atomic mass is 35.5. The zero-order valence-electron chi connectivity index (χ0n) is 12.0. The van der Waals surface area contributed by atoms with Gasteiger partial charge in [0.05, 0.1) is 5.52 Å². The van der Waals surface area contributed by atoms with E-state index in [0.717, 1.165) is 16.5 Å². The van der Waals surface area contributed by atoms with Crippen molar-refractivity contribution < 1.29 is 9.90 Å². The van der Waals surface area contributed by atoms with Gasteiger partial charge in [0.1, 0.15) is 0 Å². The fourth-order valence-electron chi connectivity index (χ4n) is 2.23. The number of benzene rings is 1. The van der Waals surface area contributed by atoms with Gasteiger partial charge in [0.2, 0.25) is 5.91 Å². The SMILES string of the molecule is CC(=O)n1cc([C@@H](N)C(C)(C)CO)c2ccccc21.Cl. The summed E-state index contributed by atoms with van der Waals surface area (Å²) in [5.74, 6) is -0.0449. The van der Waals surface area contributed by atoms with Gasteiger partial charge in [-0.2, -0.15) is 0 Å². The lowest BCUT2D eigenvalue weighted by Crippen LogP contribution is -2.32. The van der Waals surface area contributed by atoms with Crippen LogP contribution in [0.4, 0.5) is 0 Å². The highest BCUT2D eigenvalue weighted by molar-refractivity contribution is 5.93. The van der Waals surface area contributed by atoms with Crippen LogP contribution in [0.2, 0.25) is 0 Å². The molecule has 1 heterocycles. The number of nitrogens with zero attached hydrogens (tertiary/aromatic N) is 1. The Morgan fingerprint density at radius 3 is 2.55 bits per heavy atom. The number of nitrogens with two attached hydrogens (primary N) is 1. The molecule has 0 amide bonds. The van der Waals surface area contributed by atoms with Gasteiger partial charge >= 0.3 is 0 Å². The van der Waals surface area contributed by atoms with E-state index in [-0.39, 0.29) is 31.0 Å². The number of fused-ring (bicyclic) bond motifs is 1. The van der Waals surface area contributed by atoms with Gasteiger partial charge in [0.15, 0.2) is 0 Å². The molecule has 0 aliphatic carbocycles. The van der Waals surface area contributed by atoms with Crippen LogP contribution in [0.25, 0.3) is 10.9 Å². The van der Waals surface area contributed by atoms with Crippen LogP contribution >= 0.6 is 12.4 Å². The van der Waals surface area contributed by atoms with Gasteiger partial charge < -0.3 is 10.8 Å². The van der Waals surface area contributed by atoms with Crippen molar-refractivity contribution in [1.82, 2.24) is 4.57 Å². The van der Waals surface area contributed by atoms with Crippen LogP contribution in [0.3, 0.4) is 0 Å². The van der Waals surface area contributed by atoms with Crippen LogP contribution in [0.15, 0.2) is 30.5 Å². The molecule has 1 aromatic heterocycles. The quantitative estimate of drug-likeness (QED) is 0.915. The summed E-state index contributed by atoms with van der Waals surface area (Å²) in [6, 6.07) is 7.35. The molecule has 0 unspecified atom stereocenters. The molecule has 110 valence electrons. The topological polar surface area (TPSA) is 68.2 Å². The van der Waals surface area contributed by atoms with Gasteiger partial charge in [0, 0.05) is 36.6 Å². The molecule has 5 heteroatoms. The highest BCUT2D eigenvalue weighted by Gasteiger charge is 2.29. The Kier molecular flexibility index (Phi) is 4.97. The predicted octanol–water partition coefficient (Wildman–Crippen LogP) is 2.74. The van der Waals surface area contributed by atoms with Crippen molar-refractivity contribution in [3.8, 4) is 0 Å². The molecular formula is C15H21ClN2O2. The van der Waals surface area contributed by atoms with Gasteiger partial charge in [-0.05, 0) is 11.6 Å². The van der Waals surface area contributed by atoms with Crippen LogP contribution in [-0.2, 0) is 0 Å². The number of aromatic nitrogens is 1. The molecule has 0 spiro atoms. The van der Waals surface area contributed by atoms with Gasteiger partial charge in [-0.15, -0.1) is 12.4 Å². The molecule has 0 aliphatic heterocycles. The zero-order valence-corrected chi connectivity index (χ0v) is 12.8. The van der Waals surface area contributed by atoms with E-state index < -0.39 is 5.41 Å². The Hall–Kier alpha value is -1.36. The zero-order chi connectivity index (χ0) is 14.2. The lowest BCUT2D eigenvalue weighted by Gasteiger charge is -2.29. The third kappa shape index (κ3) is 2.73. The van der Waals surface area contributed by atoms with E-state index in [1.807, 2.05) is 38.1 Å². The molecule has 1 aromatic carbocycles. The molecule has 4 nitrogen and oxygen atoms in total. The number of halogens is 1. The second-order valence-electron chi connectivity index (χ2n) is 5.61. The Morgan fingerprint density at radius 1 is 1.40 bits per heavy atom. The van der Waals surface area contributed by atoms with Crippen LogP contribution < -0.4 is 5.73 Å². The minimum atomic E-state index is -0.439. The summed E-state index contributed by atoms with van der Waals surface area (Å²) >= 11 is 0. The smallest absolute Gasteiger partial charge is 0.227 e. The number of aliphatic hydroxyl groups is 1. The van der Waals surface area contributed by atoms with E-state index in [0.29, 0.717) is 0 Å². The molecule has 3 N–H and O–H groups in total. The van der Waals surface area contributed by atoms with Crippen LogP contribution in [-0.4, -0.2) is 22.2 Å². The van der Waals surface area contributed by atoms with Crippen LogP contribution in [0.5, 0.6) is 0 Å². The minimum absolute atomic E-state index is 0. The van der Waals surface area contributed by atoms with E-state index in [1.165, 1.54) is 6.92 Å². The maximum atomic E-state index is 11.7. The molecule has 0 bridgehead atoms. The van der Waals surface area contributed by atoms with Crippen molar-refractivity contribution in [2.45, 2.75) is 26.8 Å². The number of hydrogen-bond acceptors (Lipinski definition) is 3. The normalized spacial score (nSPS) is 13.1. The first kappa shape index (κ1) is 16.7. The number of aliphatic hydroxyl groups excluding tert-OH is 1. The van der Waals surface area contributed by atoms with E-state index in [4.69, 9.17) is 5.73 Å². The van der Waals surface area contributed by atoms with Gasteiger partial charge in [-0.1, -0.05) is 32.0 Å². The maximum absolute atomic E-state index is 11.7. The number of carbonyl (C=O) groups is 1. The molecule has 0 saturated carbocycles. The largest absolute Gasteiger partial charge is 0.396 e. The summed E-state index contributed by atoms with van der Waals surface area (Å²) in [4.78, 5) is 11.7. The summed E-state index contributed by atoms with van der Waals surface area (Å²) in [7, 11) is 0. The van der Waals surface area contributed by atoms with Gasteiger partial charge in [0.25, 0.3) is 0 Å². The first-order valence-electron chi connectivity index (χ1n) is 6.36. The van der Waals surface area contributed by atoms with Crippen molar-refractivity contribution in [1.29, 1.82) is 0 Å². The van der Waals surface area contributed by atoms with E-state index in [2.05, 4.69) is 0 Å². The summed E-state index contributed by atoms with van der Waals surface area (Å²) < 4.78 is 1.61. The van der Waals surface area contributed by atoms with Crippen LogP contribution in [0.1, 0.15) is 37.2 Å². The molecule has 0 fully saturated rings. The number of rotatable bonds is 3. The lowest BCUT2D eigenvalue weighted by molar-refractivity contribution is 0.0941. The van der Waals surface area contributed by atoms with Crippen molar-refractivity contribution in [2.24, 2.45) is 11.1 Å². The lowest BCUT2D eigenvalue weighted by atomic mass is 9.82. The number of carbonyl (C=O) groups excluding carboxylic acids is 1. The van der Waals surface area contributed by atoms with E-state index in [1.54, 1.807) is 10.8 Å². The van der Waals surface area contributed by atoms with Crippen molar-refractivity contribution in [2.75, 3.05) is 6.61 Å². The molecular weight excluding hydrogens is 276 g/mol. The standard InChI is InChI=1S/C15H20N2O2.ClH/c1-10(19)17-8-12(14(16)15(2,3)9-18)11-6-4-5-7-13(11)17;/h4-8,14,18H,9,16H2,1-3H3;1H/t14-;/m1./s1. The van der Waals surface area contributed by atoms with Crippen molar-refractivity contribution in [3.05, 3.63) is 36.0 Å². The molecule has 0 radical (unpaired) electrons. The Bertz CT molecular complexity index is 619. The number of para-hydroxylation sites is 1. The van der Waals surface area contributed by atoms with E-state index in [9.17, 15) is 9.90 Å². The third-order valence-corrected chi connectivity index (χ3v) is 3.67. The van der Waals surface area contributed by atoms with Crippen molar-refractivity contribution in [3.63, 3.8) is 0 Å². The molecule has 0 aliphatic rings. The summed E-state index contributed by atoms with van der Waals surface area (Å²) in [6.07, 6.45) is 1.79. The molecule has 20 heavy (non-hydrogen) atoms. The van der Waals surface area contributed by atoms with Crippen LogP contribution in [0, 0.1) is 5.41 Å². The highest BCUT2D eigenvalue weighted by Crippen LogP contribution is 2.35.